The SMILES string of the molecule is CC1CC2CC(C)C3(OOC(c4ccccn4)(c4ccccn4)O3)C(C1)C2. The van der Waals surface area contributed by atoms with Gasteiger partial charge in [0, 0.05) is 24.2 Å². The van der Waals surface area contributed by atoms with Crippen molar-refractivity contribution < 1.29 is 14.5 Å². The molecule has 0 amide bonds. The van der Waals surface area contributed by atoms with Gasteiger partial charge in [0.1, 0.15) is 11.4 Å². The molecule has 2 bridgehead atoms. The molecule has 0 aromatic carbocycles. The largest absolute Gasteiger partial charge is 0.302 e. The van der Waals surface area contributed by atoms with Crippen LogP contribution < -0.4 is 0 Å². The fourth-order valence-corrected chi connectivity index (χ4v) is 5.49. The van der Waals surface area contributed by atoms with E-state index in [1.165, 1.54) is 6.42 Å². The summed E-state index contributed by atoms with van der Waals surface area (Å²) in [5.74, 6) is 0.0356. The van der Waals surface area contributed by atoms with E-state index in [0.29, 0.717) is 23.2 Å². The standard InChI is InChI=1S/C22H26N2O3/c1-15-11-17-13-16(2)21(18(12-15)14-17)25-22(27-26-21,19-7-3-5-9-23-19)20-8-4-6-10-24-20/h3-10,15-18H,11-14H2,1-2H3. The Kier molecular flexibility index (Phi) is 4.08. The quantitative estimate of drug-likeness (QED) is 0.735. The average molecular weight is 366 g/mol. The lowest BCUT2D eigenvalue weighted by Crippen LogP contribution is -2.53. The average Bonchev–Trinajstić information content (AvgIpc) is 3.11. The molecule has 2 aliphatic carbocycles. The minimum absolute atomic E-state index is 0.253. The number of pyridine rings is 2. The highest BCUT2D eigenvalue weighted by Crippen LogP contribution is 2.58. The molecule has 0 radical (unpaired) electrons. The van der Waals surface area contributed by atoms with Crippen molar-refractivity contribution in [1.29, 1.82) is 0 Å². The van der Waals surface area contributed by atoms with Gasteiger partial charge in [0.2, 0.25) is 5.79 Å². The number of rotatable bonds is 2. The fraction of sp³-hybridized carbons (Fsp3) is 0.545. The molecule has 5 heteroatoms. The van der Waals surface area contributed by atoms with Crippen molar-refractivity contribution in [1.82, 2.24) is 9.97 Å². The Morgan fingerprint density at radius 1 is 0.852 bits per heavy atom. The predicted molar refractivity (Wildman–Crippen MR) is 99.0 cm³/mol. The molecule has 5 rings (SSSR count). The Balaban J connectivity index is 1.59. The van der Waals surface area contributed by atoms with Crippen molar-refractivity contribution in [3.05, 3.63) is 60.2 Å². The van der Waals surface area contributed by atoms with E-state index in [9.17, 15) is 0 Å². The lowest BCUT2D eigenvalue weighted by molar-refractivity contribution is -0.377. The molecule has 1 aliphatic heterocycles. The lowest BCUT2D eigenvalue weighted by atomic mass is 9.62. The Morgan fingerprint density at radius 2 is 1.56 bits per heavy atom. The van der Waals surface area contributed by atoms with Crippen molar-refractivity contribution in [2.45, 2.75) is 51.1 Å². The molecule has 3 aliphatic rings. The summed E-state index contributed by atoms with van der Waals surface area (Å²) in [6, 6.07) is 11.5. The van der Waals surface area contributed by atoms with Crippen molar-refractivity contribution in [2.24, 2.45) is 23.7 Å². The van der Waals surface area contributed by atoms with Gasteiger partial charge in [-0.3, -0.25) is 9.97 Å². The van der Waals surface area contributed by atoms with Gasteiger partial charge in [-0.05, 0) is 61.8 Å². The van der Waals surface area contributed by atoms with Crippen LogP contribution in [0.2, 0.25) is 0 Å². The Morgan fingerprint density at radius 3 is 2.19 bits per heavy atom. The first-order chi connectivity index (χ1) is 13.1. The summed E-state index contributed by atoms with van der Waals surface area (Å²) in [4.78, 5) is 21.3. The van der Waals surface area contributed by atoms with Crippen LogP contribution in [0.3, 0.4) is 0 Å². The maximum Gasteiger partial charge on any atom is 0.290 e. The second kappa shape index (κ2) is 6.36. The van der Waals surface area contributed by atoms with E-state index in [1.807, 2.05) is 36.4 Å². The number of fused-ring (bicyclic) bond motifs is 3. The van der Waals surface area contributed by atoms with Crippen LogP contribution in [0, 0.1) is 23.7 Å². The number of hydrogen-bond donors (Lipinski definition) is 0. The molecule has 1 saturated heterocycles. The van der Waals surface area contributed by atoms with E-state index in [2.05, 4.69) is 23.8 Å². The summed E-state index contributed by atoms with van der Waals surface area (Å²) >= 11 is 0. The van der Waals surface area contributed by atoms with Gasteiger partial charge in [0.25, 0.3) is 5.79 Å². The second-order valence-corrected chi connectivity index (χ2v) is 8.55. The van der Waals surface area contributed by atoms with Crippen molar-refractivity contribution in [3.63, 3.8) is 0 Å². The topological polar surface area (TPSA) is 53.5 Å². The van der Waals surface area contributed by atoms with Gasteiger partial charge in [-0.25, -0.2) is 0 Å². The molecule has 3 fully saturated rings. The van der Waals surface area contributed by atoms with Crippen LogP contribution in [0.15, 0.2) is 48.8 Å². The van der Waals surface area contributed by atoms with Crippen molar-refractivity contribution in [3.8, 4) is 0 Å². The van der Waals surface area contributed by atoms with E-state index in [0.717, 1.165) is 25.2 Å². The number of ether oxygens (including phenoxy) is 1. The number of nitrogens with zero attached hydrogens (tertiary/aromatic N) is 2. The normalized spacial score (nSPS) is 37.4. The minimum Gasteiger partial charge on any atom is -0.302 e. The first kappa shape index (κ1) is 17.3. The van der Waals surface area contributed by atoms with Crippen LogP contribution >= 0.6 is 0 Å². The first-order valence-corrected chi connectivity index (χ1v) is 10.0. The third-order valence-corrected chi connectivity index (χ3v) is 6.58. The van der Waals surface area contributed by atoms with Gasteiger partial charge in [0.15, 0.2) is 0 Å². The molecule has 5 atom stereocenters. The van der Waals surface area contributed by atoms with Crippen molar-refractivity contribution >= 4 is 0 Å². The maximum absolute atomic E-state index is 6.83. The summed E-state index contributed by atoms with van der Waals surface area (Å²) in [6.45, 7) is 4.56. The van der Waals surface area contributed by atoms with E-state index < -0.39 is 11.6 Å². The van der Waals surface area contributed by atoms with Gasteiger partial charge in [-0.2, -0.15) is 9.78 Å². The van der Waals surface area contributed by atoms with Crippen LogP contribution in [-0.4, -0.2) is 15.8 Å². The first-order valence-electron chi connectivity index (χ1n) is 10.0. The molecular formula is C22H26N2O3. The molecule has 5 unspecified atom stereocenters. The summed E-state index contributed by atoms with van der Waals surface area (Å²) in [6.07, 6.45) is 8.15. The zero-order valence-corrected chi connectivity index (χ0v) is 15.9. The van der Waals surface area contributed by atoms with Gasteiger partial charge in [-0.1, -0.05) is 26.0 Å². The summed E-state index contributed by atoms with van der Waals surface area (Å²) in [7, 11) is 0. The molecular weight excluding hydrogens is 340 g/mol. The summed E-state index contributed by atoms with van der Waals surface area (Å²) < 4.78 is 6.83. The molecule has 5 nitrogen and oxygen atoms in total. The highest BCUT2D eigenvalue weighted by molar-refractivity contribution is 5.25. The van der Waals surface area contributed by atoms with Crippen LogP contribution in [0.5, 0.6) is 0 Å². The molecule has 2 saturated carbocycles. The van der Waals surface area contributed by atoms with Crippen LogP contribution in [-0.2, 0) is 20.3 Å². The molecule has 3 heterocycles. The molecule has 2 aromatic heterocycles. The van der Waals surface area contributed by atoms with E-state index in [1.54, 1.807) is 12.4 Å². The van der Waals surface area contributed by atoms with Crippen LogP contribution in [0.25, 0.3) is 0 Å². The Bertz CT molecular complexity index is 756. The van der Waals surface area contributed by atoms with Gasteiger partial charge >= 0.3 is 0 Å². The van der Waals surface area contributed by atoms with E-state index >= 15 is 0 Å². The van der Waals surface area contributed by atoms with Gasteiger partial charge in [0.05, 0.1) is 0 Å². The molecule has 142 valence electrons. The van der Waals surface area contributed by atoms with Gasteiger partial charge in [-0.15, -0.1) is 0 Å². The molecule has 2 aromatic rings. The van der Waals surface area contributed by atoms with Gasteiger partial charge < -0.3 is 4.74 Å². The third kappa shape index (κ3) is 2.64. The predicted octanol–water partition coefficient (Wildman–Crippen LogP) is 4.44. The van der Waals surface area contributed by atoms with Crippen LogP contribution in [0.4, 0.5) is 0 Å². The Hall–Kier alpha value is -1.82. The third-order valence-electron chi connectivity index (χ3n) is 6.58. The fourth-order valence-electron chi connectivity index (χ4n) is 5.49. The zero-order valence-electron chi connectivity index (χ0n) is 15.9. The Labute approximate surface area is 160 Å². The van der Waals surface area contributed by atoms with E-state index in [4.69, 9.17) is 14.5 Å². The highest BCUT2D eigenvalue weighted by Gasteiger charge is 2.64. The second-order valence-electron chi connectivity index (χ2n) is 8.55. The highest BCUT2D eigenvalue weighted by atomic mass is 17.3. The van der Waals surface area contributed by atoms with E-state index in [-0.39, 0.29) is 5.92 Å². The smallest absolute Gasteiger partial charge is 0.290 e. The zero-order chi connectivity index (χ0) is 18.5. The number of hydrogen-bond acceptors (Lipinski definition) is 5. The molecule has 1 spiro atoms. The lowest BCUT2D eigenvalue weighted by Gasteiger charge is -2.50. The molecule has 0 N–H and O–H groups in total. The monoisotopic (exact) mass is 366 g/mol. The minimum atomic E-state index is -1.23. The summed E-state index contributed by atoms with van der Waals surface area (Å²) in [5, 5.41) is 0. The molecule has 27 heavy (non-hydrogen) atoms. The summed E-state index contributed by atoms with van der Waals surface area (Å²) in [5.41, 5.74) is 1.33. The van der Waals surface area contributed by atoms with Crippen molar-refractivity contribution in [2.75, 3.05) is 0 Å². The number of aromatic nitrogens is 2. The van der Waals surface area contributed by atoms with Crippen LogP contribution in [0.1, 0.15) is 50.9 Å². The maximum atomic E-state index is 6.83.